The summed E-state index contributed by atoms with van der Waals surface area (Å²) in [5, 5.41) is 7.52. The van der Waals surface area contributed by atoms with Gasteiger partial charge in [0.2, 0.25) is 5.91 Å². The molecule has 0 fully saturated rings. The Labute approximate surface area is 165 Å². The van der Waals surface area contributed by atoms with E-state index in [2.05, 4.69) is 16.4 Å². The van der Waals surface area contributed by atoms with E-state index in [1.807, 2.05) is 41.8 Å². The molecule has 4 aromatic rings. The minimum Gasteiger partial charge on any atom is -0.492 e. The Balaban J connectivity index is 1.24. The Morgan fingerprint density at radius 1 is 1.14 bits per heavy atom. The van der Waals surface area contributed by atoms with Crippen molar-refractivity contribution < 1.29 is 9.53 Å². The Kier molecular flexibility index (Phi) is 5.34. The van der Waals surface area contributed by atoms with Gasteiger partial charge in [-0.3, -0.25) is 14.2 Å². The summed E-state index contributed by atoms with van der Waals surface area (Å²) in [6.07, 6.45) is 1.71. The molecule has 2 aromatic heterocycles. The predicted octanol–water partition coefficient (Wildman–Crippen LogP) is 3.20. The van der Waals surface area contributed by atoms with Gasteiger partial charge in [0.1, 0.15) is 17.2 Å². The highest BCUT2D eigenvalue weighted by molar-refractivity contribution is 7.16. The van der Waals surface area contributed by atoms with E-state index >= 15 is 0 Å². The van der Waals surface area contributed by atoms with Gasteiger partial charge in [-0.25, -0.2) is 4.98 Å². The molecule has 0 bridgehead atoms. The van der Waals surface area contributed by atoms with Gasteiger partial charge in [-0.15, -0.1) is 11.3 Å². The fraction of sp³-hybridized carbons (Fsp3) is 0.190. The Hall–Kier alpha value is -3.19. The van der Waals surface area contributed by atoms with Crippen LogP contribution in [0.1, 0.15) is 6.42 Å². The number of hydrogen-bond donors (Lipinski definition) is 1. The molecule has 2 aromatic carbocycles. The van der Waals surface area contributed by atoms with Gasteiger partial charge >= 0.3 is 0 Å². The van der Waals surface area contributed by atoms with Crippen molar-refractivity contribution in [1.82, 2.24) is 14.9 Å². The molecule has 0 aliphatic heterocycles. The van der Waals surface area contributed by atoms with E-state index in [4.69, 9.17) is 4.74 Å². The minimum atomic E-state index is -0.126. The summed E-state index contributed by atoms with van der Waals surface area (Å²) < 4.78 is 7.18. The molecule has 142 valence electrons. The molecule has 1 amide bonds. The molecule has 6 nitrogen and oxygen atoms in total. The van der Waals surface area contributed by atoms with Crippen LogP contribution < -0.4 is 15.6 Å². The average molecular weight is 393 g/mol. The van der Waals surface area contributed by atoms with E-state index in [1.165, 1.54) is 22.2 Å². The molecule has 4 rings (SSSR count). The van der Waals surface area contributed by atoms with E-state index in [1.54, 1.807) is 6.07 Å². The van der Waals surface area contributed by atoms with Gasteiger partial charge in [-0.1, -0.05) is 30.3 Å². The van der Waals surface area contributed by atoms with Crippen LogP contribution in [-0.2, 0) is 11.3 Å². The van der Waals surface area contributed by atoms with Crippen molar-refractivity contribution in [3.63, 3.8) is 0 Å². The number of benzene rings is 2. The Morgan fingerprint density at radius 2 is 2.00 bits per heavy atom. The van der Waals surface area contributed by atoms with Gasteiger partial charge in [0.15, 0.2) is 0 Å². The molecule has 0 saturated heterocycles. The molecule has 0 unspecified atom stereocenters. The summed E-state index contributed by atoms with van der Waals surface area (Å²) in [5.74, 6) is 0.647. The second-order valence-electron chi connectivity index (χ2n) is 6.34. The number of fused-ring (bicyclic) bond motifs is 2. The minimum absolute atomic E-state index is 0.112. The topological polar surface area (TPSA) is 73.2 Å². The van der Waals surface area contributed by atoms with Crippen molar-refractivity contribution in [2.75, 3.05) is 13.2 Å². The van der Waals surface area contributed by atoms with Crippen LogP contribution >= 0.6 is 11.3 Å². The fourth-order valence-electron chi connectivity index (χ4n) is 2.98. The van der Waals surface area contributed by atoms with E-state index < -0.39 is 0 Å². The molecular formula is C21H19N3O3S. The normalized spacial score (nSPS) is 11.0. The smallest absolute Gasteiger partial charge is 0.262 e. The zero-order valence-corrected chi connectivity index (χ0v) is 15.9. The quantitative estimate of drug-likeness (QED) is 0.490. The summed E-state index contributed by atoms with van der Waals surface area (Å²) in [4.78, 5) is 29.3. The number of ether oxygens (including phenoxy) is 1. The van der Waals surface area contributed by atoms with Crippen molar-refractivity contribution >= 4 is 38.2 Å². The number of carbonyl (C=O) groups is 1. The third kappa shape index (κ3) is 4.04. The molecule has 0 radical (unpaired) electrons. The molecule has 0 aliphatic rings. The van der Waals surface area contributed by atoms with Gasteiger partial charge in [0.05, 0.1) is 18.3 Å². The standard InChI is InChI=1S/C21H19N3O3S/c25-19(7-10-24-14-23-20-18(21(24)26)8-12-28-20)22-9-11-27-17-6-5-15-3-1-2-4-16(15)13-17/h1-6,8,12-14H,7,9-11H2,(H,22,25). The molecule has 1 N–H and O–H groups in total. The van der Waals surface area contributed by atoms with Gasteiger partial charge in [-0.05, 0) is 34.4 Å². The van der Waals surface area contributed by atoms with E-state index in [-0.39, 0.29) is 17.9 Å². The summed E-state index contributed by atoms with van der Waals surface area (Å²) in [7, 11) is 0. The first kappa shape index (κ1) is 18.2. The fourth-order valence-corrected chi connectivity index (χ4v) is 3.70. The lowest BCUT2D eigenvalue weighted by Crippen LogP contribution is -2.30. The summed E-state index contributed by atoms with van der Waals surface area (Å²) in [5.41, 5.74) is -0.112. The van der Waals surface area contributed by atoms with Gasteiger partial charge in [-0.2, -0.15) is 0 Å². The largest absolute Gasteiger partial charge is 0.492 e. The molecule has 0 aliphatic carbocycles. The highest BCUT2D eigenvalue weighted by Gasteiger charge is 2.07. The monoisotopic (exact) mass is 393 g/mol. The van der Waals surface area contributed by atoms with Crippen LogP contribution in [0.15, 0.2) is 65.0 Å². The molecule has 2 heterocycles. The van der Waals surface area contributed by atoms with Crippen LogP contribution in [-0.4, -0.2) is 28.6 Å². The van der Waals surface area contributed by atoms with Crippen LogP contribution in [0.5, 0.6) is 5.75 Å². The maximum Gasteiger partial charge on any atom is 0.262 e. The number of carbonyl (C=O) groups excluding carboxylic acids is 1. The Morgan fingerprint density at radius 3 is 2.89 bits per heavy atom. The lowest BCUT2D eigenvalue weighted by atomic mass is 10.1. The zero-order valence-electron chi connectivity index (χ0n) is 15.1. The van der Waals surface area contributed by atoms with E-state index in [0.717, 1.165) is 21.4 Å². The summed E-state index contributed by atoms with van der Waals surface area (Å²) >= 11 is 1.43. The van der Waals surface area contributed by atoms with Crippen molar-refractivity contribution in [1.29, 1.82) is 0 Å². The number of aromatic nitrogens is 2. The van der Waals surface area contributed by atoms with Crippen LogP contribution in [0.2, 0.25) is 0 Å². The highest BCUT2D eigenvalue weighted by atomic mass is 32.1. The van der Waals surface area contributed by atoms with Crippen LogP contribution in [0.25, 0.3) is 21.0 Å². The number of hydrogen-bond acceptors (Lipinski definition) is 5. The maximum absolute atomic E-state index is 12.3. The summed E-state index contributed by atoms with van der Waals surface area (Å²) in [6.45, 7) is 1.09. The number of aryl methyl sites for hydroxylation is 1. The van der Waals surface area contributed by atoms with E-state index in [9.17, 15) is 9.59 Å². The SMILES string of the molecule is O=C(CCn1cnc2sccc2c1=O)NCCOc1ccc2ccccc2c1. The van der Waals surface area contributed by atoms with Crippen LogP contribution in [0, 0.1) is 0 Å². The molecule has 0 saturated carbocycles. The lowest BCUT2D eigenvalue weighted by Gasteiger charge is -2.09. The number of nitrogens with zero attached hydrogens (tertiary/aromatic N) is 2. The third-order valence-corrected chi connectivity index (χ3v) is 5.26. The molecule has 7 heteroatoms. The molecule has 0 atom stereocenters. The van der Waals surface area contributed by atoms with Crippen molar-refractivity contribution in [3.8, 4) is 5.75 Å². The molecule has 0 spiro atoms. The maximum atomic E-state index is 12.3. The summed E-state index contributed by atoms with van der Waals surface area (Å²) in [6, 6.07) is 15.8. The van der Waals surface area contributed by atoms with Gasteiger partial charge in [0.25, 0.3) is 5.56 Å². The second-order valence-corrected chi connectivity index (χ2v) is 7.23. The van der Waals surface area contributed by atoms with Crippen molar-refractivity contribution in [2.24, 2.45) is 0 Å². The van der Waals surface area contributed by atoms with Crippen molar-refractivity contribution in [3.05, 3.63) is 70.6 Å². The number of nitrogens with one attached hydrogen (secondary N) is 1. The molecular weight excluding hydrogens is 374 g/mol. The van der Waals surface area contributed by atoms with Crippen LogP contribution in [0.4, 0.5) is 0 Å². The highest BCUT2D eigenvalue weighted by Crippen LogP contribution is 2.20. The van der Waals surface area contributed by atoms with E-state index in [0.29, 0.717) is 25.1 Å². The molecule has 28 heavy (non-hydrogen) atoms. The first-order chi connectivity index (χ1) is 13.7. The lowest BCUT2D eigenvalue weighted by molar-refractivity contribution is -0.121. The number of amides is 1. The first-order valence-corrected chi connectivity index (χ1v) is 9.89. The predicted molar refractivity (Wildman–Crippen MR) is 111 cm³/mol. The first-order valence-electron chi connectivity index (χ1n) is 9.02. The van der Waals surface area contributed by atoms with Gasteiger partial charge < -0.3 is 10.1 Å². The second kappa shape index (κ2) is 8.22. The van der Waals surface area contributed by atoms with Gasteiger partial charge in [0, 0.05) is 13.0 Å². The number of thiophene rings is 1. The average Bonchev–Trinajstić information content (AvgIpc) is 3.20. The Bertz CT molecular complexity index is 1180. The third-order valence-electron chi connectivity index (χ3n) is 4.44. The number of rotatable bonds is 7. The zero-order chi connectivity index (χ0) is 19.3. The van der Waals surface area contributed by atoms with Crippen LogP contribution in [0.3, 0.4) is 0 Å². The van der Waals surface area contributed by atoms with Crippen molar-refractivity contribution in [2.45, 2.75) is 13.0 Å².